The lowest BCUT2D eigenvalue weighted by atomic mass is 9.86. The average Bonchev–Trinajstić information content (AvgIpc) is 2.54. The predicted octanol–water partition coefficient (Wildman–Crippen LogP) is 4.31. The topological polar surface area (TPSA) is 50.1 Å². The Morgan fingerprint density at radius 1 is 1.09 bits per heavy atom. The van der Waals surface area contributed by atoms with Crippen molar-refractivity contribution in [2.45, 2.75) is 38.7 Å². The van der Waals surface area contributed by atoms with Crippen LogP contribution in [0.5, 0.6) is 0 Å². The number of rotatable bonds is 5. The molecule has 3 nitrogen and oxygen atoms in total. The minimum absolute atomic E-state index is 0.0899. The van der Waals surface area contributed by atoms with Crippen molar-refractivity contribution in [1.82, 2.24) is 0 Å². The first-order chi connectivity index (χ1) is 10.9. The number of nitrogens with zero attached hydrogens (tertiary/aromatic N) is 1. The van der Waals surface area contributed by atoms with E-state index in [2.05, 4.69) is 39.0 Å². The molecule has 0 N–H and O–H groups in total. The van der Waals surface area contributed by atoms with Crippen LogP contribution in [-0.4, -0.2) is 6.47 Å². The van der Waals surface area contributed by atoms with Gasteiger partial charge in [-0.2, -0.15) is 5.26 Å². The highest BCUT2D eigenvalue weighted by Gasteiger charge is 2.17. The zero-order valence-corrected chi connectivity index (χ0v) is 13.7. The van der Waals surface area contributed by atoms with E-state index in [1.165, 1.54) is 5.56 Å². The molecule has 118 valence electrons. The van der Waals surface area contributed by atoms with Gasteiger partial charge in [-0.3, -0.25) is 4.79 Å². The first-order valence-corrected chi connectivity index (χ1v) is 7.62. The molecule has 0 radical (unpaired) electrons. The standard InChI is InChI=1S/C20H21NO2/c1-20(2,3)18-10-8-17(9-11-18)19(23-14-22)12-15-4-6-16(13-21)7-5-15/h4-11,14,19H,12H2,1-3H3. The Kier molecular flexibility index (Phi) is 5.18. The fraction of sp³-hybridized carbons (Fsp3) is 0.300. The lowest BCUT2D eigenvalue weighted by Gasteiger charge is -2.21. The lowest BCUT2D eigenvalue weighted by molar-refractivity contribution is -0.133. The van der Waals surface area contributed by atoms with E-state index >= 15 is 0 Å². The van der Waals surface area contributed by atoms with Gasteiger partial charge in [0.1, 0.15) is 6.10 Å². The molecule has 0 aromatic heterocycles. The van der Waals surface area contributed by atoms with Gasteiger partial charge in [-0.1, -0.05) is 57.2 Å². The van der Waals surface area contributed by atoms with Crippen LogP contribution in [0.25, 0.3) is 0 Å². The molecule has 1 atom stereocenters. The highest BCUT2D eigenvalue weighted by atomic mass is 16.5. The molecule has 0 aliphatic rings. The number of hydrogen-bond donors (Lipinski definition) is 0. The summed E-state index contributed by atoms with van der Waals surface area (Å²) in [5.41, 5.74) is 3.94. The number of benzene rings is 2. The zero-order valence-electron chi connectivity index (χ0n) is 13.7. The van der Waals surface area contributed by atoms with Gasteiger partial charge in [0.25, 0.3) is 6.47 Å². The van der Waals surface area contributed by atoms with Gasteiger partial charge in [0.2, 0.25) is 0 Å². The smallest absolute Gasteiger partial charge is 0.293 e. The van der Waals surface area contributed by atoms with E-state index in [1.807, 2.05) is 24.3 Å². The molecule has 0 heterocycles. The van der Waals surface area contributed by atoms with Gasteiger partial charge in [0.15, 0.2) is 0 Å². The van der Waals surface area contributed by atoms with Crippen LogP contribution in [0.1, 0.15) is 49.1 Å². The SMILES string of the molecule is CC(C)(C)c1ccc(C(Cc2ccc(C#N)cc2)OC=O)cc1. The predicted molar refractivity (Wildman–Crippen MR) is 89.9 cm³/mol. The summed E-state index contributed by atoms with van der Waals surface area (Å²) in [6, 6.07) is 17.6. The molecular weight excluding hydrogens is 286 g/mol. The summed E-state index contributed by atoms with van der Waals surface area (Å²) in [6.07, 6.45) is 0.258. The summed E-state index contributed by atoms with van der Waals surface area (Å²) in [4.78, 5) is 10.8. The monoisotopic (exact) mass is 307 g/mol. The van der Waals surface area contributed by atoms with Crippen LogP contribution >= 0.6 is 0 Å². The van der Waals surface area contributed by atoms with Gasteiger partial charge in [-0.25, -0.2) is 0 Å². The van der Waals surface area contributed by atoms with Crippen LogP contribution in [0.4, 0.5) is 0 Å². The van der Waals surface area contributed by atoms with Gasteiger partial charge in [0.05, 0.1) is 11.6 Å². The molecule has 0 bridgehead atoms. The van der Waals surface area contributed by atoms with E-state index in [9.17, 15) is 4.79 Å². The van der Waals surface area contributed by atoms with Crippen molar-refractivity contribution < 1.29 is 9.53 Å². The van der Waals surface area contributed by atoms with Crippen molar-refractivity contribution in [1.29, 1.82) is 5.26 Å². The zero-order chi connectivity index (χ0) is 16.9. The minimum atomic E-state index is -0.325. The molecule has 0 amide bonds. The largest absolute Gasteiger partial charge is 0.459 e. The van der Waals surface area contributed by atoms with Crippen molar-refractivity contribution in [3.05, 3.63) is 70.8 Å². The summed E-state index contributed by atoms with van der Waals surface area (Å²) in [7, 11) is 0. The molecule has 0 saturated carbocycles. The second-order valence-electron chi connectivity index (χ2n) is 6.61. The van der Waals surface area contributed by atoms with Crippen molar-refractivity contribution in [2.75, 3.05) is 0 Å². The Morgan fingerprint density at radius 3 is 2.17 bits per heavy atom. The van der Waals surface area contributed by atoms with Gasteiger partial charge >= 0.3 is 0 Å². The van der Waals surface area contributed by atoms with Gasteiger partial charge in [-0.15, -0.1) is 0 Å². The minimum Gasteiger partial charge on any atom is -0.459 e. The Morgan fingerprint density at radius 2 is 1.70 bits per heavy atom. The molecule has 0 spiro atoms. The summed E-state index contributed by atoms with van der Waals surface area (Å²) in [5.74, 6) is 0. The molecule has 3 heteroatoms. The maximum Gasteiger partial charge on any atom is 0.293 e. The lowest BCUT2D eigenvalue weighted by Crippen LogP contribution is -2.12. The molecule has 0 fully saturated rings. The van der Waals surface area contributed by atoms with Crippen LogP contribution < -0.4 is 0 Å². The van der Waals surface area contributed by atoms with E-state index in [0.29, 0.717) is 18.5 Å². The van der Waals surface area contributed by atoms with E-state index in [-0.39, 0.29) is 11.5 Å². The fourth-order valence-corrected chi connectivity index (χ4v) is 2.44. The van der Waals surface area contributed by atoms with E-state index < -0.39 is 0 Å². The van der Waals surface area contributed by atoms with Crippen LogP contribution in [0.2, 0.25) is 0 Å². The van der Waals surface area contributed by atoms with Crippen LogP contribution in [0.3, 0.4) is 0 Å². The highest BCUT2D eigenvalue weighted by molar-refractivity contribution is 5.40. The molecule has 2 rings (SSSR count). The molecule has 0 aliphatic heterocycles. The maximum absolute atomic E-state index is 10.8. The second kappa shape index (κ2) is 7.11. The Hall–Kier alpha value is -2.60. The van der Waals surface area contributed by atoms with E-state index in [1.54, 1.807) is 12.1 Å². The third kappa shape index (κ3) is 4.43. The molecule has 0 aliphatic carbocycles. The normalized spacial score (nSPS) is 12.3. The number of carbonyl (C=O) groups is 1. The van der Waals surface area contributed by atoms with Gasteiger partial charge in [0, 0.05) is 6.42 Å². The highest BCUT2D eigenvalue weighted by Crippen LogP contribution is 2.26. The van der Waals surface area contributed by atoms with Crippen LogP contribution in [-0.2, 0) is 21.4 Å². The Bertz CT molecular complexity index is 688. The van der Waals surface area contributed by atoms with E-state index in [4.69, 9.17) is 10.00 Å². The summed E-state index contributed by atoms with van der Waals surface area (Å²) < 4.78 is 5.27. The summed E-state index contributed by atoms with van der Waals surface area (Å²) in [5, 5.41) is 8.84. The van der Waals surface area contributed by atoms with Crippen molar-refractivity contribution in [3.8, 4) is 6.07 Å². The summed E-state index contributed by atoms with van der Waals surface area (Å²) >= 11 is 0. The fourth-order valence-electron chi connectivity index (χ4n) is 2.44. The molecule has 1 unspecified atom stereocenters. The summed E-state index contributed by atoms with van der Waals surface area (Å²) in [6.45, 7) is 6.99. The molecule has 0 saturated heterocycles. The first-order valence-electron chi connectivity index (χ1n) is 7.62. The Balaban J connectivity index is 2.20. The molecule has 2 aromatic carbocycles. The first kappa shape index (κ1) is 16.8. The van der Waals surface area contributed by atoms with Crippen molar-refractivity contribution in [2.24, 2.45) is 0 Å². The third-order valence-corrected chi connectivity index (χ3v) is 3.87. The molecule has 23 heavy (non-hydrogen) atoms. The number of ether oxygens (including phenoxy) is 1. The van der Waals surface area contributed by atoms with Crippen LogP contribution in [0, 0.1) is 11.3 Å². The number of nitriles is 1. The molecular formula is C20H21NO2. The van der Waals surface area contributed by atoms with Gasteiger partial charge < -0.3 is 4.74 Å². The quantitative estimate of drug-likeness (QED) is 0.773. The average molecular weight is 307 g/mol. The third-order valence-electron chi connectivity index (χ3n) is 3.87. The van der Waals surface area contributed by atoms with E-state index in [0.717, 1.165) is 11.1 Å². The van der Waals surface area contributed by atoms with Gasteiger partial charge in [-0.05, 0) is 34.2 Å². The number of hydrogen-bond acceptors (Lipinski definition) is 3. The maximum atomic E-state index is 10.8. The molecule has 2 aromatic rings. The van der Waals surface area contributed by atoms with Crippen LogP contribution in [0.15, 0.2) is 48.5 Å². The van der Waals surface area contributed by atoms with Crippen molar-refractivity contribution in [3.63, 3.8) is 0 Å². The Labute approximate surface area is 137 Å². The second-order valence-corrected chi connectivity index (χ2v) is 6.61. The number of carbonyl (C=O) groups excluding carboxylic acids is 1. The van der Waals surface area contributed by atoms with Crippen molar-refractivity contribution >= 4 is 6.47 Å².